The molecule has 0 saturated heterocycles. The molecule has 1 aromatic carbocycles. The van der Waals surface area contributed by atoms with Gasteiger partial charge in [-0.05, 0) is 33.8 Å². The standard InChI is InChI=1S/C17H21N3O/c1-5-9-14-10-7-8-11-15(14)21-17-12(3)16(18-6-2)19-13(4)20-17/h5,7-11H,6H2,1-4H3,(H,18,19,20)/b9-5+. The number of aromatic nitrogens is 2. The van der Waals surface area contributed by atoms with Gasteiger partial charge in [-0.2, -0.15) is 4.98 Å². The summed E-state index contributed by atoms with van der Waals surface area (Å²) in [5.74, 6) is 2.90. The molecule has 0 aliphatic heterocycles. The van der Waals surface area contributed by atoms with Gasteiger partial charge in [0, 0.05) is 12.1 Å². The Hall–Kier alpha value is -2.36. The van der Waals surface area contributed by atoms with Crippen LogP contribution in [0.15, 0.2) is 30.3 Å². The molecule has 2 aromatic rings. The van der Waals surface area contributed by atoms with Gasteiger partial charge >= 0.3 is 0 Å². The van der Waals surface area contributed by atoms with Crippen molar-refractivity contribution in [1.29, 1.82) is 0 Å². The Morgan fingerprint density at radius 1 is 1.19 bits per heavy atom. The number of benzene rings is 1. The van der Waals surface area contributed by atoms with Gasteiger partial charge in [0.1, 0.15) is 17.4 Å². The predicted molar refractivity (Wildman–Crippen MR) is 86.9 cm³/mol. The summed E-state index contributed by atoms with van der Waals surface area (Å²) in [7, 11) is 0. The minimum Gasteiger partial charge on any atom is -0.438 e. The van der Waals surface area contributed by atoms with Crippen molar-refractivity contribution in [2.45, 2.75) is 27.7 Å². The van der Waals surface area contributed by atoms with Crippen molar-refractivity contribution in [2.24, 2.45) is 0 Å². The molecule has 0 aliphatic rings. The van der Waals surface area contributed by atoms with Gasteiger partial charge in [-0.1, -0.05) is 30.4 Å². The summed E-state index contributed by atoms with van der Waals surface area (Å²) in [4.78, 5) is 8.82. The Kier molecular flexibility index (Phi) is 4.93. The molecule has 0 amide bonds. The number of nitrogens with zero attached hydrogens (tertiary/aromatic N) is 2. The molecule has 0 radical (unpaired) electrons. The first-order valence-electron chi connectivity index (χ1n) is 7.14. The second-order valence-corrected chi connectivity index (χ2v) is 4.72. The SMILES string of the molecule is C/C=C/c1ccccc1Oc1nc(C)nc(NCC)c1C. The Bertz CT molecular complexity index is 650. The summed E-state index contributed by atoms with van der Waals surface area (Å²) in [5, 5.41) is 3.24. The van der Waals surface area contributed by atoms with Crippen molar-refractivity contribution in [2.75, 3.05) is 11.9 Å². The highest BCUT2D eigenvalue weighted by Crippen LogP contribution is 2.29. The lowest BCUT2D eigenvalue weighted by molar-refractivity contribution is 0.455. The predicted octanol–water partition coefficient (Wildman–Crippen LogP) is 4.35. The van der Waals surface area contributed by atoms with E-state index in [1.807, 2.05) is 64.1 Å². The van der Waals surface area contributed by atoms with E-state index < -0.39 is 0 Å². The lowest BCUT2D eigenvalue weighted by Crippen LogP contribution is -2.06. The quantitative estimate of drug-likeness (QED) is 0.886. The highest BCUT2D eigenvalue weighted by atomic mass is 16.5. The van der Waals surface area contributed by atoms with E-state index in [0.717, 1.165) is 29.2 Å². The third-order valence-corrected chi connectivity index (χ3v) is 3.03. The molecule has 110 valence electrons. The third kappa shape index (κ3) is 3.60. The van der Waals surface area contributed by atoms with Crippen LogP contribution in [-0.2, 0) is 0 Å². The fourth-order valence-corrected chi connectivity index (χ4v) is 2.04. The molecule has 1 heterocycles. The van der Waals surface area contributed by atoms with Crippen LogP contribution in [0.3, 0.4) is 0 Å². The first-order chi connectivity index (χ1) is 10.2. The number of hydrogen-bond acceptors (Lipinski definition) is 4. The smallest absolute Gasteiger partial charge is 0.227 e. The molecule has 4 nitrogen and oxygen atoms in total. The zero-order valence-electron chi connectivity index (χ0n) is 13.0. The molecule has 1 aromatic heterocycles. The highest BCUT2D eigenvalue weighted by Gasteiger charge is 2.12. The summed E-state index contributed by atoms with van der Waals surface area (Å²) in [6, 6.07) is 7.91. The summed E-state index contributed by atoms with van der Waals surface area (Å²) in [6.45, 7) is 8.67. The second-order valence-electron chi connectivity index (χ2n) is 4.72. The van der Waals surface area contributed by atoms with Gasteiger partial charge in [0.25, 0.3) is 0 Å². The van der Waals surface area contributed by atoms with E-state index in [-0.39, 0.29) is 0 Å². The van der Waals surface area contributed by atoms with E-state index in [1.54, 1.807) is 0 Å². The van der Waals surface area contributed by atoms with E-state index >= 15 is 0 Å². The summed E-state index contributed by atoms with van der Waals surface area (Å²) < 4.78 is 6.02. The molecule has 0 spiro atoms. The van der Waals surface area contributed by atoms with Crippen molar-refractivity contribution in [3.63, 3.8) is 0 Å². The first kappa shape index (κ1) is 15.0. The molecular weight excluding hydrogens is 262 g/mol. The van der Waals surface area contributed by atoms with E-state index in [0.29, 0.717) is 11.7 Å². The molecule has 0 aliphatic carbocycles. The van der Waals surface area contributed by atoms with Crippen LogP contribution in [-0.4, -0.2) is 16.5 Å². The molecule has 1 N–H and O–H groups in total. The Morgan fingerprint density at radius 3 is 2.67 bits per heavy atom. The molecule has 0 bridgehead atoms. The number of aryl methyl sites for hydroxylation is 1. The Labute approximate surface area is 125 Å². The molecule has 2 rings (SSSR count). The molecule has 21 heavy (non-hydrogen) atoms. The lowest BCUT2D eigenvalue weighted by Gasteiger charge is -2.13. The average molecular weight is 283 g/mol. The van der Waals surface area contributed by atoms with Crippen LogP contribution in [0.4, 0.5) is 5.82 Å². The van der Waals surface area contributed by atoms with Crippen LogP contribution in [0.25, 0.3) is 6.08 Å². The van der Waals surface area contributed by atoms with Crippen molar-refractivity contribution in [3.8, 4) is 11.6 Å². The third-order valence-electron chi connectivity index (χ3n) is 3.03. The molecule has 0 fully saturated rings. The van der Waals surface area contributed by atoms with E-state index in [9.17, 15) is 0 Å². The fourth-order valence-electron chi connectivity index (χ4n) is 2.04. The van der Waals surface area contributed by atoms with Gasteiger partial charge in [0.05, 0.1) is 5.56 Å². The van der Waals surface area contributed by atoms with Gasteiger partial charge in [-0.25, -0.2) is 4.98 Å². The number of ether oxygens (including phenoxy) is 1. The fraction of sp³-hybridized carbons (Fsp3) is 0.294. The maximum Gasteiger partial charge on any atom is 0.227 e. The molecule has 0 atom stereocenters. The molecule has 4 heteroatoms. The van der Waals surface area contributed by atoms with Gasteiger partial charge in [-0.3, -0.25) is 0 Å². The van der Waals surface area contributed by atoms with Gasteiger partial charge in [-0.15, -0.1) is 0 Å². The number of hydrogen-bond donors (Lipinski definition) is 1. The van der Waals surface area contributed by atoms with Crippen LogP contribution < -0.4 is 10.1 Å². The number of rotatable bonds is 5. The number of nitrogens with one attached hydrogen (secondary N) is 1. The first-order valence-corrected chi connectivity index (χ1v) is 7.14. The van der Waals surface area contributed by atoms with Gasteiger partial charge < -0.3 is 10.1 Å². The number of allylic oxidation sites excluding steroid dienone is 1. The van der Waals surface area contributed by atoms with Gasteiger partial charge in [0.15, 0.2) is 0 Å². The Balaban J connectivity index is 2.40. The largest absolute Gasteiger partial charge is 0.438 e. The summed E-state index contributed by atoms with van der Waals surface area (Å²) >= 11 is 0. The monoisotopic (exact) mass is 283 g/mol. The Morgan fingerprint density at radius 2 is 1.95 bits per heavy atom. The van der Waals surface area contributed by atoms with Crippen molar-refractivity contribution in [1.82, 2.24) is 9.97 Å². The maximum atomic E-state index is 6.02. The van der Waals surface area contributed by atoms with Crippen LogP contribution >= 0.6 is 0 Å². The average Bonchev–Trinajstić information content (AvgIpc) is 2.46. The minimum atomic E-state index is 0.593. The molecule has 0 saturated carbocycles. The minimum absolute atomic E-state index is 0.593. The van der Waals surface area contributed by atoms with Crippen LogP contribution in [0.2, 0.25) is 0 Å². The zero-order valence-corrected chi connectivity index (χ0v) is 13.0. The summed E-state index contributed by atoms with van der Waals surface area (Å²) in [6.07, 6.45) is 4.01. The van der Waals surface area contributed by atoms with E-state index in [1.165, 1.54) is 0 Å². The van der Waals surface area contributed by atoms with Crippen LogP contribution in [0.1, 0.15) is 30.8 Å². The molecule has 0 unspecified atom stereocenters. The summed E-state index contributed by atoms with van der Waals surface area (Å²) in [5.41, 5.74) is 1.94. The highest BCUT2D eigenvalue weighted by molar-refractivity contribution is 5.58. The maximum absolute atomic E-state index is 6.02. The zero-order chi connectivity index (χ0) is 15.2. The van der Waals surface area contributed by atoms with E-state index in [2.05, 4.69) is 15.3 Å². The number of para-hydroxylation sites is 1. The van der Waals surface area contributed by atoms with Crippen LogP contribution in [0.5, 0.6) is 11.6 Å². The van der Waals surface area contributed by atoms with E-state index in [4.69, 9.17) is 4.74 Å². The van der Waals surface area contributed by atoms with Crippen molar-refractivity contribution >= 4 is 11.9 Å². The van der Waals surface area contributed by atoms with Crippen molar-refractivity contribution in [3.05, 3.63) is 47.3 Å². The van der Waals surface area contributed by atoms with Crippen molar-refractivity contribution < 1.29 is 4.74 Å². The lowest BCUT2D eigenvalue weighted by atomic mass is 10.2. The van der Waals surface area contributed by atoms with Gasteiger partial charge in [0.2, 0.25) is 5.88 Å². The topological polar surface area (TPSA) is 47.0 Å². The van der Waals surface area contributed by atoms with Crippen LogP contribution in [0, 0.1) is 13.8 Å². The molecular formula is C17H21N3O. The normalized spacial score (nSPS) is 10.9. The second kappa shape index (κ2) is 6.88. The number of anilines is 1.